The number of hydrogen-bond donors (Lipinski definition) is 0. The maximum atomic E-state index is 13.7. The fourth-order valence-electron chi connectivity index (χ4n) is 7.26. The van der Waals surface area contributed by atoms with Crippen molar-refractivity contribution in [2.24, 2.45) is 9.98 Å². The van der Waals surface area contributed by atoms with Gasteiger partial charge in [0.25, 0.3) is 5.91 Å². The van der Waals surface area contributed by atoms with Crippen LogP contribution in [0.15, 0.2) is 95.2 Å². The summed E-state index contributed by atoms with van der Waals surface area (Å²) in [6.45, 7) is 1.47. The van der Waals surface area contributed by atoms with Crippen LogP contribution in [0.4, 0.5) is 11.4 Å². The molecule has 0 saturated carbocycles. The number of benzene rings is 4. The number of amides is 1. The molecule has 4 aliphatic heterocycles. The van der Waals surface area contributed by atoms with Crippen molar-refractivity contribution in [2.75, 3.05) is 41.7 Å². The zero-order valence-electron chi connectivity index (χ0n) is 30.8. The van der Waals surface area contributed by atoms with Crippen molar-refractivity contribution < 1.29 is 33.2 Å². The molecule has 4 aromatic carbocycles. The molecule has 0 unspecified atom stereocenters. The van der Waals surface area contributed by atoms with E-state index in [2.05, 4.69) is 23.2 Å². The summed E-state index contributed by atoms with van der Waals surface area (Å²) >= 11 is 0. The third-order valence-corrected chi connectivity index (χ3v) is 10.2. The van der Waals surface area contributed by atoms with Gasteiger partial charge in [0.2, 0.25) is 0 Å². The second-order valence-electron chi connectivity index (χ2n) is 13.5. The van der Waals surface area contributed by atoms with Crippen LogP contribution in [-0.2, 0) is 6.54 Å². The van der Waals surface area contributed by atoms with Gasteiger partial charge in [0.15, 0.2) is 23.0 Å². The van der Waals surface area contributed by atoms with Crippen LogP contribution in [0.1, 0.15) is 46.3 Å². The van der Waals surface area contributed by atoms with E-state index in [4.69, 9.17) is 38.4 Å². The van der Waals surface area contributed by atoms with Crippen molar-refractivity contribution >= 4 is 40.9 Å². The molecule has 4 heterocycles. The van der Waals surface area contributed by atoms with Crippen LogP contribution in [0.2, 0.25) is 0 Å². The molecule has 4 aromatic rings. The number of aliphatic imine (C=N–C) groups is 2. The largest absolute Gasteiger partial charge is 0.497 e. The van der Waals surface area contributed by atoms with Crippen LogP contribution in [-0.4, -0.2) is 81.9 Å². The molecule has 54 heavy (non-hydrogen) atoms. The van der Waals surface area contributed by atoms with E-state index in [1.54, 1.807) is 45.5 Å². The molecule has 0 N–H and O–H groups in total. The maximum Gasteiger partial charge on any atom is 0.260 e. The molecule has 0 aliphatic carbocycles. The summed E-state index contributed by atoms with van der Waals surface area (Å²) in [5.41, 5.74) is 7.51. The molecule has 0 fully saturated rings. The predicted molar refractivity (Wildman–Crippen MR) is 208 cm³/mol. The third-order valence-electron chi connectivity index (χ3n) is 10.2. The molecule has 8 rings (SSSR count). The molecule has 0 bridgehead atoms. The predicted octanol–water partition coefficient (Wildman–Crippen LogP) is 7.87. The van der Waals surface area contributed by atoms with Crippen molar-refractivity contribution in [3.8, 4) is 34.5 Å². The Kier molecular flexibility index (Phi) is 9.69. The van der Waals surface area contributed by atoms with E-state index in [0.717, 1.165) is 40.3 Å². The van der Waals surface area contributed by atoms with Gasteiger partial charge < -0.3 is 38.2 Å². The summed E-state index contributed by atoms with van der Waals surface area (Å²) < 4.78 is 34.4. The lowest BCUT2D eigenvalue weighted by molar-refractivity contribution is 0.0817. The zero-order valence-corrected chi connectivity index (χ0v) is 30.8. The Morgan fingerprint density at radius 1 is 0.630 bits per heavy atom. The Morgan fingerprint density at radius 3 is 1.81 bits per heavy atom. The van der Waals surface area contributed by atoms with E-state index in [1.165, 1.54) is 11.1 Å². The number of carbonyl (C=O) groups is 1. The van der Waals surface area contributed by atoms with E-state index in [0.29, 0.717) is 66.8 Å². The van der Waals surface area contributed by atoms with Crippen LogP contribution >= 0.6 is 0 Å². The van der Waals surface area contributed by atoms with Gasteiger partial charge >= 0.3 is 0 Å². The van der Waals surface area contributed by atoms with Gasteiger partial charge in [0, 0.05) is 61.9 Å². The molecule has 11 heteroatoms. The number of nitrogens with zero attached hydrogens (tertiary/aromatic N) is 4. The normalized spacial score (nSPS) is 18.0. The number of ether oxygens (including phenoxy) is 6. The topological polar surface area (TPSA) is 104 Å². The molecule has 0 radical (unpaired) electrons. The Morgan fingerprint density at radius 2 is 1.19 bits per heavy atom. The smallest absolute Gasteiger partial charge is 0.260 e. The fourth-order valence-corrected chi connectivity index (χ4v) is 7.26. The van der Waals surface area contributed by atoms with E-state index in [9.17, 15) is 4.79 Å². The van der Waals surface area contributed by atoms with Crippen molar-refractivity contribution in [2.45, 2.75) is 37.9 Å². The highest BCUT2D eigenvalue weighted by atomic mass is 16.5. The van der Waals surface area contributed by atoms with Gasteiger partial charge in [-0.25, -0.2) is 0 Å². The zero-order chi connectivity index (χ0) is 37.2. The highest BCUT2D eigenvalue weighted by Crippen LogP contribution is 2.42. The molecule has 4 aliphatic rings. The van der Waals surface area contributed by atoms with Gasteiger partial charge in [-0.2, -0.15) is 0 Å². The Bertz CT molecular complexity index is 2180. The number of fused-ring (bicyclic) bond motifs is 4. The van der Waals surface area contributed by atoms with Crippen molar-refractivity contribution in [3.63, 3.8) is 0 Å². The highest BCUT2D eigenvalue weighted by Gasteiger charge is 2.34. The van der Waals surface area contributed by atoms with E-state index in [1.807, 2.05) is 67.2 Å². The van der Waals surface area contributed by atoms with Crippen molar-refractivity contribution in [1.29, 1.82) is 0 Å². The van der Waals surface area contributed by atoms with E-state index < -0.39 is 0 Å². The number of rotatable bonds is 12. The maximum absolute atomic E-state index is 13.7. The molecule has 2 atom stereocenters. The minimum absolute atomic E-state index is 0.136. The molecular formula is C43H42N4O7. The van der Waals surface area contributed by atoms with Crippen molar-refractivity contribution in [1.82, 2.24) is 9.80 Å². The number of hydrogen-bond acceptors (Lipinski definition) is 10. The summed E-state index contributed by atoms with van der Waals surface area (Å²) in [4.78, 5) is 27.4. The molecule has 1 amide bonds. The van der Waals surface area contributed by atoms with E-state index in [-0.39, 0.29) is 18.0 Å². The second-order valence-corrected chi connectivity index (χ2v) is 13.5. The summed E-state index contributed by atoms with van der Waals surface area (Å²) in [5, 5.41) is 0. The first-order valence-electron chi connectivity index (χ1n) is 18.0. The van der Waals surface area contributed by atoms with Gasteiger partial charge in [0.1, 0.15) is 11.5 Å². The van der Waals surface area contributed by atoms with E-state index >= 15 is 0 Å². The van der Waals surface area contributed by atoms with Gasteiger partial charge in [-0.05, 0) is 65.1 Å². The summed E-state index contributed by atoms with van der Waals surface area (Å²) in [5.74, 6) is 3.76. The molecule has 0 spiro atoms. The molecule has 0 saturated heterocycles. The lowest BCUT2D eigenvalue weighted by atomic mass is 10.0. The molecule has 276 valence electrons. The number of carbonyl (C=O) groups excluding carboxylic acids is 1. The first kappa shape index (κ1) is 34.8. The minimum Gasteiger partial charge on any atom is -0.497 e. The quantitative estimate of drug-likeness (QED) is 0.136. The van der Waals surface area contributed by atoms with Crippen LogP contribution in [0.5, 0.6) is 34.5 Å². The van der Waals surface area contributed by atoms with Crippen LogP contribution < -0.4 is 28.4 Å². The Labute approximate surface area is 314 Å². The van der Waals surface area contributed by atoms with Crippen LogP contribution in [0, 0.1) is 0 Å². The molecular weight excluding hydrogens is 684 g/mol. The third kappa shape index (κ3) is 6.84. The summed E-state index contributed by atoms with van der Waals surface area (Å²) in [6.07, 6.45) is 10.1. The highest BCUT2D eigenvalue weighted by molar-refractivity contribution is 6.05. The molecule has 0 aromatic heterocycles. The fraction of sp³-hybridized carbons (Fsp3) is 0.279. The molecule has 11 nitrogen and oxygen atoms in total. The SMILES string of the molecule is COc1ccc(C2=CN3Cc4cc(OC)c(OCCCOc5cc6c(cc5OC)C(=O)N5C=C(c7ccc(OC)cc7)C[C@H]5C=N6)cc4N=C[C@@H]3C2)cc1. The lowest BCUT2D eigenvalue weighted by Crippen LogP contribution is -2.32. The van der Waals surface area contributed by atoms with Crippen molar-refractivity contribution in [3.05, 3.63) is 107 Å². The first-order chi connectivity index (χ1) is 26.4. The van der Waals surface area contributed by atoms with Gasteiger partial charge in [-0.15, -0.1) is 0 Å². The first-order valence-corrected chi connectivity index (χ1v) is 18.0. The lowest BCUT2D eigenvalue weighted by Gasteiger charge is -2.21. The monoisotopic (exact) mass is 726 g/mol. The Hall–Kier alpha value is -6.23. The average molecular weight is 727 g/mol. The summed E-state index contributed by atoms with van der Waals surface area (Å²) in [6, 6.07) is 23.5. The Balaban J connectivity index is 0.892. The summed E-state index contributed by atoms with van der Waals surface area (Å²) in [7, 11) is 6.54. The standard InChI is InChI=1S/C43H42N4O7/c1-49-34-10-6-27(7-11-34)29-16-32-22-44-37-20-41(39(51-3)18-31(37)25-46(32)24-29)53-14-5-15-54-42-21-38-36(19-40(42)52-4)43(48)47-26-30(17-33(47)23-45-38)28-8-12-35(50-2)13-9-28/h6-13,18-24,26,32-33H,5,14-17,25H2,1-4H3/t32-,33-/m0/s1. The van der Waals surface area contributed by atoms with Gasteiger partial charge in [-0.3, -0.25) is 14.8 Å². The number of methoxy groups -OCH3 is 4. The van der Waals surface area contributed by atoms with Gasteiger partial charge in [-0.1, -0.05) is 24.3 Å². The average Bonchev–Trinajstić information content (AvgIpc) is 3.76. The minimum atomic E-state index is -0.183. The van der Waals surface area contributed by atoms with Gasteiger partial charge in [0.05, 0.1) is 70.7 Å². The van der Waals surface area contributed by atoms with Crippen LogP contribution in [0.25, 0.3) is 11.1 Å². The van der Waals surface area contributed by atoms with Crippen LogP contribution in [0.3, 0.4) is 0 Å². The second kappa shape index (κ2) is 15.0.